The first-order valence-electron chi connectivity index (χ1n) is 3.15. The van der Waals surface area contributed by atoms with E-state index in [0.29, 0.717) is 13.2 Å². The van der Waals surface area contributed by atoms with Gasteiger partial charge >= 0.3 is 0 Å². The van der Waals surface area contributed by atoms with E-state index in [2.05, 4.69) is 4.99 Å². The molecule has 0 bridgehead atoms. The smallest absolute Gasteiger partial charge is 0.138 e. The second kappa shape index (κ2) is 3.43. The van der Waals surface area contributed by atoms with Crippen LogP contribution >= 0.6 is 0 Å². The van der Waals surface area contributed by atoms with Gasteiger partial charge in [0, 0.05) is 12.6 Å². The SMILES string of the molecule is NC(C=O)CC1C=NCO1. The number of hydrogen-bond donors (Lipinski definition) is 1. The van der Waals surface area contributed by atoms with Crippen LogP contribution in [0.4, 0.5) is 0 Å². The fraction of sp³-hybridized carbons (Fsp3) is 0.667. The van der Waals surface area contributed by atoms with Crippen molar-refractivity contribution >= 4 is 12.5 Å². The molecule has 0 aromatic heterocycles. The van der Waals surface area contributed by atoms with Crippen LogP contribution in [0.1, 0.15) is 6.42 Å². The summed E-state index contributed by atoms with van der Waals surface area (Å²) in [6, 6.07) is -0.422. The van der Waals surface area contributed by atoms with Gasteiger partial charge in [-0.25, -0.2) is 0 Å². The number of nitrogens with zero attached hydrogens (tertiary/aromatic N) is 1. The van der Waals surface area contributed by atoms with E-state index in [1.807, 2.05) is 0 Å². The molecule has 2 unspecified atom stereocenters. The summed E-state index contributed by atoms with van der Waals surface area (Å²) >= 11 is 0. The molecule has 0 fully saturated rings. The van der Waals surface area contributed by atoms with Gasteiger partial charge in [-0.15, -0.1) is 0 Å². The molecule has 1 rings (SSSR count). The number of aldehydes is 1. The summed E-state index contributed by atoms with van der Waals surface area (Å²) in [7, 11) is 0. The van der Waals surface area contributed by atoms with Crippen LogP contribution in [0.5, 0.6) is 0 Å². The molecule has 0 saturated heterocycles. The first-order valence-corrected chi connectivity index (χ1v) is 3.15. The van der Waals surface area contributed by atoms with E-state index in [4.69, 9.17) is 10.5 Å². The standard InChI is InChI=1S/C6H10N2O2/c7-5(3-9)1-6-2-8-4-10-6/h2-3,5-6H,1,4,7H2. The number of nitrogens with two attached hydrogens (primary N) is 1. The molecule has 0 saturated carbocycles. The largest absolute Gasteiger partial charge is 0.350 e. The van der Waals surface area contributed by atoms with Crippen LogP contribution in [-0.4, -0.2) is 31.4 Å². The van der Waals surface area contributed by atoms with E-state index < -0.39 is 6.04 Å². The van der Waals surface area contributed by atoms with Gasteiger partial charge in [0.15, 0.2) is 0 Å². The molecule has 4 nitrogen and oxygen atoms in total. The quantitative estimate of drug-likeness (QED) is 0.531. The van der Waals surface area contributed by atoms with Crippen LogP contribution < -0.4 is 5.73 Å². The average molecular weight is 142 g/mol. The third-order valence-corrected chi connectivity index (χ3v) is 1.31. The summed E-state index contributed by atoms with van der Waals surface area (Å²) in [6.45, 7) is 0.399. The summed E-state index contributed by atoms with van der Waals surface area (Å²) in [5.74, 6) is 0. The van der Waals surface area contributed by atoms with Gasteiger partial charge in [0.1, 0.15) is 13.0 Å². The lowest BCUT2D eigenvalue weighted by Crippen LogP contribution is -2.28. The van der Waals surface area contributed by atoms with Gasteiger partial charge in [-0.05, 0) is 0 Å². The van der Waals surface area contributed by atoms with Crippen LogP contribution in [0, 0.1) is 0 Å². The number of carbonyl (C=O) groups is 1. The molecule has 0 aliphatic carbocycles. The molecule has 1 aliphatic rings. The number of aliphatic imine (C=N–C) groups is 1. The molecular formula is C6H10N2O2. The summed E-state index contributed by atoms with van der Waals surface area (Å²) < 4.78 is 5.06. The minimum atomic E-state index is -0.422. The fourth-order valence-corrected chi connectivity index (χ4v) is 0.795. The first-order chi connectivity index (χ1) is 4.83. The number of carbonyl (C=O) groups excluding carboxylic acids is 1. The van der Waals surface area contributed by atoms with Gasteiger partial charge in [-0.1, -0.05) is 0 Å². The third kappa shape index (κ3) is 1.89. The second-order valence-electron chi connectivity index (χ2n) is 2.20. The van der Waals surface area contributed by atoms with E-state index >= 15 is 0 Å². The van der Waals surface area contributed by atoms with Gasteiger partial charge in [0.2, 0.25) is 0 Å². The Labute approximate surface area is 59.1 Å². The lowest BCUT2D eigenvalue weighted by molar-refractivity contribution is -0.109. The zero-order valence-corrected chi connectivity index (χ0v) is 5.56. The predicted octanol–water partition coefficient (Wildman–Crippen LogP) is -0.670. The van der Waals surface area contributed by atoms with Crippen LogP contribution in [-0.2, 0) is 9.53 Å². The van der Waals surface area contributed by atoms with E-state index in [0.717, 1.165) is 6.29 Å². The average Bonchev–Trinajstić information content (AvgIpc) is 2.40. The Kier molecular flexibility index (Phi) is 2.53. The van der Waals surface area contributed by atoms with Crippen molar-refractivity contribution in [3.05, 3.63) is 0 Å². The van der Waals surface area contributed by atoms with Gasteiger partial charge in [-0.2, -0.15) is 0 Å². The predicted molar refractivity (Wildman–Crippen MR) is 36.9 cm³/mol. The third-order valence-electron chi connectivity index (χ3n) is 1.31. The molecule has 0 radical (unpaired) electrons. The van der Waals surface area contributed by atoms with Crippen molar-refractivity contribution in [1.82, 2.24) is 0 Å². The molecule has 4 heteroatoms. The monoisotopic (exact) mass is 142 g/mol. The number of hydrogen-bond acceptors (Lipinski definition) is 4. The minimum Gasteiger partial charge on any atom is -0.350 e. The Morgan fingerprint density at radius 2 is 2.80 bits per heavy atom. The van der Waals surface area contributed by atoms with Crippen molar-refractivity contribution in [3.63, 3.8) is 0 Å². The summed E-state index contributed by atoms with van der Waals surface area (Å²) in [5, 5.41) is 0. The Balaban J connectivity index is 2.24. The van der Waals surface area contributed by atoms with Crippen LogP contribution in [0.25, 0.3) is 0 Å². The molecule has 0 spiro atoms. The topological polar surface area (TPSA) is 64.7 Å². The van der Waals surface area contributed by atoms with Crippen molar-refractivity contribution in [2.75, 3.05) is 6.73 Å². The number of rotatable bonds is 3. The molecule has 2 atom stereocenters. The minimum absolute atomic E-state index is 0.0554. The maximum absolute atomic E-state index is 10.1. The molecule has 2 N–H and O–H groups in total. The molecule has 56 valence electrons. The van der Waals surface area contributed by atoms with E-state index in [9.17, 15) is 4.79 Å². The Bertz CT molecular complexity index is 147. The molecule has 0 aromatic carbocycles. The normalized spacial score (nSPS) is 26.7. The van der Waals surface area contributed by atoms with Crippen LogP contribution in [0.3, 0.4) is 0 Å². The van der Waals surface area contributed by atoms with E-state index in [1.54, 1.807) is 6.21 Å². The molecule has 10 heavy (non-hydrogen) atoms. The van der Waals surface area contributed by atoms with E-state index in [-0.39, 0.29) is 6.10 Å². The van der Waals surface area contributed by atoms with Crippen molar-refractivity contribution in [2.45, 2.75) is 18.6 Å². The first kappa shape index (κ1) is 7.37. The zero-order chi connectivity index (χ0) is 7.40. The fourth-order valence-electron chi connectivity index (χ4n) is 0.795. The van der Waals surface area contributed by atoms with E-state index in [1.165, 1.54) is 0 Å². The lowest BCUT2D eigenvalue weighted by atomic mass is 10.2. The highest BCUT2D eigenvalue weighted by Crippen LogP contribution is 2.03. The highest BCUT2D eigenvalue weighted by molar-refractivity contribution is 5.66. The molecule has 0 amide bonds. The summed E-state index contributed by atoms with van der Waals surface area (Å²) in [6.07, 6.45) is 2.88. The highest BCUT2D eigenvalue weighted by Gasteiger charge is 2.13. The maximum atomic E-state index is 10.1. The summed E-state index contributed by atoms with van der Waals surface area (Å²) in [5.41, 5.74) is 5.34. The Morgan fingerprint density at radius 1 is 2.00 bits per heavy atom. The number of ether oxygens (including phenoxy) is 1. The molecule has 1 aliphatic heterocycles. The lowest BCUT2D eigenvalue weighted by Gasteiger charge is -2.07. The maximum Gasteiger partial charge on any atom is 0.138 e. The van der Waals surface area contributed by atoms with Crippen molar-refractivity contribution in [3.8, 4) is 0 Å². The highest BCUT2D eigenvalue weighted by atomic mass is 16.5. The molecular weight excluding hydrogens is 132 g/mol. The van der Waals surface area contributed by atoms with Crippen molar-refractivity contribution < 1.29 is 9.53 Å². The zero-order valence-electron chi connectivity index (χ0n) is 5.56. The second-order valence-corrected chi connectivity index (χ2v) is 2.20. The van der Waals surface area contributed by atoms with Gasteiger partial charge < -0.3 is 15.3 Å². The van der Waals surface area contributed by atoms with Crippen LogP contribution in [0.2, 0.25) is 0 Å². The van der Waals surface area contributed by atoms with Crippen molar-refractivity contribution in [1.29, 1.82) is 0 Å². The Morgan fingerprint density at radius 3 is 3.30 bits per heavy atom. The Hall–Kier alpha value is -0.740. The van der Waals surface area contributed by atoms with Crippen molar-refractivity contribution in [2.24, 2.45) is 10.7 Å². The van der Waals surface area contributed by atoms with Gasteiger partial charge in [0.05, 0.1) is 12.1 Å². The molecule has 1 heterocycles. The van der Waals surface area contributed by atoms with Crippen LogP contribution in [0.15, 0.2) is 4.99 Å². The summed E-state index contributed by atoms with van der Waals surface area (Å²) in [4.78, 5) is 13.9. The van der Waals surface area contributed by atoms with Gasteiger partial charge in [-0.3, -0.25) is 4.99 Å². The molecule has 0 aromatic rings. The van der Waals surface area contributed by atoms with Gasteiger partial charge in [0.25, 0.3) is 0 Å².